The van der Waals surface area contributed by atoms with E-state index in [-0.39, 0.29) is 12.3 Å². The maximum absolute atomic E-state index is 10.6. The first-order chi connectivity index (χ1) is 6.65. The lowest BCUT2D eigenvalue weighted by Gasteiger charge is -2.14. The lowest BCUT2D eigenvalue weighted by atomic mass is 9.93. The van der Waals surface area contributed by atoms with E-state index in [9.17, 15) is 4.79 Å². The Morgan fingerprint density at radius 3 is 2.64 bits per heavy atom. The van der Waals surface area contributed by atoms with Crippen LogP contribution in [0, 0.1) is 0 Å². The second-order valence-electron chi connectivity index (χ2n) is 3.22. The van der Waals surface area contributed by atoms with Gasteiger partial charge in [0, 0.05) is 4.47 Å². The van der Waals surface area contributed by atoms with Gasteiger partial charge in [0.05, 0.1) is 6.42 Å². The Labute approximate surface area is 92.1 Å². The van der Waals surface area contributed by atoms with Gasteiger partial charge in [-0.1, -0.05) is 41.1 Å². The van der Waals surface area contributed by atoms with Crippen molar-refractivity contribution >= 4 is 21.9 Å². The average Bonchev–Trinajstić information content (AvgIpc) is 2.15. The molecule has 3 heteroatoms. The molecule has 0 amide bonds. The van der Waals surface area contributed by atoms with Crippen molar-refractivity contribution in [3.63, 3.8) is 0 Å². The fourth-order valence-electron chi connectivity index (χ4n) is 1.49. The molecule has 0 heterocycles. The smallest absolute Gasteiger partial charge is 0.303 e. The van der Waals surface area contributed by atoms with E-state index in [1.54, 1.807) is 0 Å². The van der Waals surface area contributed by atoms with E-state index in [1.807, 2.05) is 31.2 Å². The summed E-state index contributed by atoms with van der Waals surface area (Å²) in [6, 6.07) is 7.78. The summed E-state index contributed by atoms with van der Waals surface area (Å²) in [7, 11) is 0. The maximum atomic E-state index is 10.6. The molecule has 0 saturated heterocycles. The Hall–Kier alpha value is -0.830. The van der Waals surface area contributed by atoms with Crippen LogP contribution < -0.4 is 0 Å². The second kappa shape index (κ2) is 5.15. The summed E-state index contributed by atoms with van der Waals surface area (Å²) in [5.41, 5.74) is 1.08. The van der Waals surface area contributed by atoms with Crippen molar-refractivity contribution in [1.29, 1.82) is 0 Å². The maximum Gasteiger partial charge on any atom is 0.303 e. The Balaban J connectivity index is 2.89. The predicted octanol–water partition coefficient (Wildman–Crippen LogP) is 3.42. The zero-order valence-electron chi connectivity index (χ0n) is 8.03. The summed E-state index contributed by atoms with van der Waals surface area (Å²) < 4.78 is 0.994. The Bertz CT molecular complexity index is 323. The van der Waals surface area contributed by atoms with Gasteiger partial charge in [0.15, 0.2) is 0 Å². The predicted molar refractivity (Wildman–Crippen MR) is 59.4 cm³/mol. The van der Waals surface area contributed by atoms with Gasteiger partial charge in [-0.15, -0.1) is 0 Å². The highest BCUT2D eigenvalue weighted by Crippen LogP contribution is 2.29. The molecule has 1 aromatic carbocycles. The molecule has 0 radical (unpaired) electrons. The highest BCUT2D eigenvalue weighted by atomic mass is 79.9. The Kier molecular flexibility index (Phi) is 4.14. The Morgan fingerprint density at radius 1 is 1.50 bits per heavy atom. The average molecular weight is 257 g/mol. The van der Waals surface area contributed by atoms with Gasteiger partial charge in [-0.05, 0) is 24.0 Å². The largest absolute Gasteiger partial charge is 0.481 e. The van der Waals surface area contributed by atoms with Gasteiger partial charge in [-0.3, -0.25) is 4.79 Å². The molecule has 2 nitrogen and oxygen atoms in total. The lowest BCUT2D eigenvalue weighted by molar-refractivity contribution is -0.137. The standard InChI is InChI=1S/C11H13BrO2/c1-2-8(7-11(13)14)9-5-3-4-6-10(9)12/h3-6,8H,2,7H2,1H3,(H,13,14). The number of carboxylic acids is 1. The van der Waals surface area contributed by atoms with E-state index >= 15 is 0 Å². The molecule has 0 aromatic heterocycles. The summed E-state index contributed by atoms with van der Waals surface area (Å²) in [6.45, 7) is 2.01. The van der Waals surface area contributed by atoms with Crippen LogP contribution in [0.3, 0.4) is 0 Å². The molecule has 0 saturated carbocycles. The molecular weight excluding hydrogens is 244 g/mol. The quantitative estimate of drug-likeness (QED) is 0.897. The van der Waals surface area contributed by atoms with Crippen molar-refractivity contribution in [3.05, 3.63) is 34.3 Å². The van der Waals surface area contributed by atoms with Gasteiger partial charge in [0.2, 0.25) is 0 Å². The summed E-state index contributed by atoms with van der Waals surface area (Å²) in [6.07, 6.45) is 1.04. The van der Waals surface area contributed by atoms with Crippen LogP contribution in [-0.2, 0) is 4.79 Å². The van der Waals surface area contributed by atoms with Gasteiger partial charge in [-0.25, -0.2) is 0 Å². The third-order valence-corrected chi connectivity index (χ3v) is 2.98. The second-order valence-corrected chi connectivity index (χ2v) is 4.08. The molecule has 1 aromatic rings. The molecule has 0 aliphatic rings. The highest BCUT2D eigenvalue weighted by Gasteiger charge is 2.15. The fourth-order valence-corrected chi connectivity index (χ4v) is 2.10. The van der Waals surface area contributed by atoms with Gasteiger partial charge >= 0.3 is 5.97 Å². The minimum Gasteiger partial charge on any atom is -0.481 e. The molecular formula is C11H13BrO2. The minimum absolute atomic E-state index is 0.100. The number of benzene rings is 1. The van der Waals surface area contributed by atoms with Crippen molar-refractivity contribution in [2.75, 3.05) is 0 Å². The van der Waals surface area contributed by atoms with Crippen LogP contribution in [0.4, 0.5) is 0 Å². The van der Waals surface area contributed by atoms with Crippen LogP contribution in [0.5, 0.6) is 0 Å². The van der Waals surface area contributed by atoms with Crippen LogP contribution >= 0.6 is 15.9 Å². The lowest BCUT2D eigenvalue weighted by Crippen LogP contribution is -2.05. The van der Waals surface area contributed by atoms with E-state index in [4.69, 9.17) is 5.11 Å². The molecule has 0 aliphatic carbocycles. The zero-order valence-corrected chi connectivity index (χ0v) is 9.62. The van der Waals surface area contributed by atoms with Crippen molar-refractivity contribution in [2.24, 2.45) is 0 Å². The highest BCUT2D eigenvalue weighted by molar-refractivity contribution is 9.10. The number of hydrogen-bond acceptors (Lipinski definition) is 1. The first-order valence-electron chi connectivity index (χ1n) is 4.61. The number of aliphatic carboxylic acids is 1. The van der Waals surface area contributed by atoms with Crippen LogP contribution in [-0.4, -0.2) is 11.1 Å². The number of carbonyl (C=O) groups is 1. The molecule has 14 heavy (non-hydrogen) atoms. The van der Waals surface area contributed by atoms with E-state index in [0.717, 1.165) is 16.5 Å². The Morgan fingerprint density at radius 2 is 2.14 bits per heavy atom. The number of hydrogen-bond donors (Lipinski definition) is 1. The first-order valence-corrected chi connectivity index (χ1v) is 5.40. The number of carboxylic acid groups (broad SMARTS) is 1. The molecule has 0 aliphatic heterocycles. The van der Waals surface area contributed by atoms with Crippen molar-refractivity contribution in [2.45, 2.75) is 25.7 Å². The van der Waals surface area contributed by atoms with Gasteiger partial charge < -0.3 is 5.11 Å². The summed E-state index contributed by atoms with van der Waals surface area (Å²) >= 11 is 3.43. The fraction of sp³-hybridized carbons (Fsp3) is 0.364. The molecule has 76 valence electrons. The van der Waals surface area contributed by atoms with Crippen LogP contribution in [0.25, 0.3) is 0 Å². The SMILES string of the molecule is CCC(CC(=O)O)c1ccccc1Br. The number of rotatable bonds is 4. The zero-order chi connectivity index (χ0) is 10.6. The topological polar surface area (TPSA) is 37.3 Å². The van der Waals surface area contributed by atoms with E-state index < -0.39 is 5.97 Å². The molecule has 0 bridgehead atoms. The molecule has 1 N–H and O–H groups in total. The van der Waals surface area contributed by atoms with E-state index in [1.165, 1.54) is 0 Å². The summed E-state index contributed by atoms with van der Waals surface area (Å²) in [4.78, 5) is 10.6. The molecule has 1 atom stereocenters. The minimum atomic E-state index is -0.743. The third-order valence-electron chi connectivity index (χ3n) is 2.26. The van der Waals surface area contributed by atoms with Crippen LogP contribution in [0.15, 0.2) is 28.7 Å². The van der Waals surface area contributed by atoms with Crippen molar-refractivity contribution in [3.8, 4) is 0 Å². The molecule has 1 unspecified atom stereocenters. The summed E-state index contributed by atoms with van der Waals surface area (Å²) in [5.74, 6) is -0.643. The summed E-state index contributed by atoms with van der Waals surface area (Å²) in [5, 5.41) is 8.75. The number of halogens is 1. The van der Waals surface area contributed by atoms with Gasteiger partial charge in [-0.2, -0.15) is 0 Å². The van der Waals surface area contributed by atoms with Crippen molar-refractivity contribution < 1.29 is 9.90 Å². The van der Waals surface area contributed by atoms with Crippen LogP contribution in [0.1, 0.15) is 31.2 Å². The molecule has 0 spiro atoms. The van der Waals surface area contributed by atoms with Crippen molar-refractivity contribution in [1.82, 2.24) is 0 Å². The van der Waals surface area contributed by atoms with Gasteiger partial charge in [0.25, 0.3) is 0 Å². The van der Waals surface area contributed by atoms with Gasteiger partial charge in [0.1, 0.15) is 0 Å². The van der Waals surface area contributed by atoms with Crippen LogP contribution in [0.2, 0.25) is 0 Å². The normalized spacial score (nSPS) is 12.4. The first kappa shape index (κ1) is 11.2. The third kappa shape index (κ3) is 2.84. The molecule has 0 fully saturated rings. The van der Waals surface area contributed by atoms with E-state index in [0.29, 0.717) is 0 Å². The molecule has 1 rings (SSSR count). The monoisotopic (exact) mass is 256 g/mol. The van der Waals surface area contributed by atoms with E-state index in [2.05, 4.69) is 15.9 Å².